The molecule has 92 valence electrons. The van der Waals surface area contributed by atoms with Crippen molar-refractivity contribution >= 4 is 54.0 Å². The summed E-state index contributed by atoms with van der Waals surface area (Å²) in [5, 5.41) is 11.5. The monoisotopic (exact) mass is 382 g/mol. The normalized spacial score (nSPS) is 10.2. The summed E-state index contributed by atoms with van der Waals surface area (Å²) in [6.45, 7) is 0. The minimum absolute atomic E-state index is 0.273. The Bertz CT molecular complexity index is 555. The molecule has 0 amide bonds. The Labute approximate surface area is 117 Å². The van der Waals surface area contributed by atoms with Crippen molar-refractivity contribution in [3.05, 3.63) is 39.3 Å². The Morgan fingerprint density at radius 1 is 1.06 bits per heavy atom. The predicted octanol–water partition coefficient (Wildman–Crippen LogP) is 3.75. The number of phenols is 1. The molecule has 2 aromatic rings. The second kappa shape index (κ2) is 6.46. The molecule has 0 spiro atoms. The van der Waals surface area contributed by atoms with Gasteiger partial charge in [0.05, 0.1) is 4.47 Å². The number of fused-ring (bicyclic) bond motifs is 1. The van der Waals surface area contributed by atoms with Crippen LogP contribution in [-0.2, 0) is 11.4 Å². The van der Waals surface area contributed by atoms with Gasteiger partial charge in [-0.3, -0.25) is 9.11 Å². The van der Waals surface area contributed by atoms with Gasteiger partial charge in [-0.25, -0.2) is 0 Å². The third kappa shape index (κ3) is 4.36. The van der Waals surface area contributed by atoms with Crippen LogP contribution in [0.2, 0.25) is 0 Å². The van der Waals surface area contributed by atoms with Crippen LogP contribution in [0.15, 0.2) is 39.3 Å². The van der Waals surface area contributed by atoms with E-state index in [1.54, 1.807) is 6.07 Å². The zero-order chi connectivity index (χ0) is 13.0. The lowest BCUT2D eigenvalue weighted by atomic mass is 10.1. The minimum atomic E-state index is -2.61. The van der Waals surface area contributed by atoms with Gasteiger partial charge in [0.15, 0.2) is 0 Å². The van der Waals surface area contributed by atoms with Crippen LogP contribution in [0.25, 0.3) is 10.8 Å². The maximum atomic E-state index is 9.43. The highest BCUT2D eigenvalue weighted by Crippen LogP contribution is 2.33. The molecule has 4 nitrogen and oxygen atoms in total. The summed E-state index contributed by atoms with van der Waals surface area (Å²) in [5.74, 6) is 0.273. The number of hydrogen-bond donors (Lipinski definition) is 3. The second-order valence-electron chi connectivity index (χ2n) is 2.99. The van der Waals surface area contributed by atoms with Gasteiger partial charge in [-0.15, -0.1) is 0 Å². The van der Waals surface area contributed by atoms with Crippen molar-refractivity contribution < 1.29 is 18.4 Å². The summed E-state index contributed by atoms with van der Waals surface area (Å²) in [4.78, 5) is 0. The summed E-state index contributed by atoms with van der Waals surface area (Å²) in [6.07, 6.45) is 0. The van der Waals surface area contributed by atoms with Crippen LogP contribution < -0.4 is 0 Å². The maximum Gasteiger partial charge on any atom is 0.299 e. The summed E-state index contributed by atoms with van der Waals surface area (Å²) in [5.41, 5.74) is 0. The topological polar surface area (TPSA) is 77.8 Å². The van der Waals surface area contributed by atoms with E-state index in [9.17, 15) is 5.11 Å². The van der Waals surface area contributed by atoms with Crippen LogP contribution in [0.5, 0.6) is 5.75 Å². The Balaban J connectivity index is 0.000000317. The maximum absolute atomic E-state index is 9.43. The molecule has 2 aromatic carbocycles. The van der Waals surface area contributed by atoms with Crippen LogP contribution in [0, 0.1) is 0 Å². The molecule has 0 aliphatic carbocycles. The number of rotatable bonds is 0. The van der Waals surface area contributed by atoms with E-state index in [2.05, 4.69) is 31.9 Å². The minimum Gasteiger partial charge on any atom is -0.507 e. The molecule has 0 unspecified atom stereocenters. The van der Waals surface area contributed by atoms with Crippen molar-refractivity contribution in [1.29, 1.82) is 0 Å². The molecule has 0 saturated carbocycles. The molecule has 0 aliphatic heterocycles. The van der Waals surface area contributed by atoms with E-state index < -0.39 is 11.4 Å². The molecule has 7 heteroatoms. The van der Waals surface area contributed by atoms with E-state index in [0.717, 1.165) is 19.7 Å². The van der Waals surface area contributed by atoms with Crippen molar-refractivity contribution in [3.8, 4) is 5.75 Å². The van der Waals surface area contributed by atoms with Crippen LogP contribution in [0.1, 0.15) is 0 Å². The molecule has 0 saturated heterocycles. The van der Waals surface area contributed by atoms with Crippen molar-refractivity contribution in [2.45, 2.75) is 0 Å². The largest absolute Gasteiger partial charge is 0.507 e. The quantitative estimate of drug-likeness (QED) is 0.605. The first kappa shape index (κ1) is 14.6. The zero-order valence-electron chi connectivity index (χ0n) is 8.30. The molecular weight excluding hydrogens is 376 g/mol. The van der Waals surface area contributed by atoms with Gasteiger partial charge >= 0.3 is 0 Å². The Kier molecular flexibility index (Phi) is 5.54. The molecule has 0 heterocycles. The van der Waals surface area contributed by atoms with Crippen molar-refractivity contribution in [2.24, 2.45) is 0 Å². The van der Waals surface area contributed by atoms with E-state index in [1.807, 2.05) is 24.3 Å². The number of phenolic OH excluding ortho intramolecular Hbond substituents is 1. The fraction of sp³-hybridized carbons (Fsp3) is 0. The van der Waals surface area contributed by atoms with E-state index in [0.29, 0.717) is 0 Å². The number of aromatic hydroxyl groups is 1. The van der Waals surface area contributed by atoms with Crippen LogP contribution in [-0.4, -0.2) is 18.4 Å². The Morgan fingerprint density at radius 3 is 2.24 bits per heavy atom. The summed E-state index contributed by atoms with van der Waals surface area (Å²) < 4.78 is 24.6. The average molecular weight is 384 g/mol. The van der Waals surface area contributed by atoms with Gasteiger partial charge in [-0.1, -0.05) is 28.1 Å². The molecule has 0 radical (unpaired) electrons. The standard InChI is InChI=1S/C10H6Br2O.H2O3S/c11-7-2-3-8-6(5-7)1-4-9(13)10(8)12;1-4(2)3/h1-5,13H;(H2,1,2,3). The van der Waals surface area contributed by atoms with Gasteiger partial charge in [-0.2, -0.15) is 4.21 Å². The van der Waals surface area contributed by atoms with Crippen molar-refractivity contribution in [2.75, 3.05) is 0 Å². The third-order valence-electron chi connectivity index (χ3n) is 1.90. The highest BCUT2D eigenvalue weighted by Gasteiger charge is 2.03. The zero-order valence-corrected chi connectivity index (χ0v) is 12.3. The lowest BCUT2D eigenvalue weighted by Gasteiger charge is -2.02. The predicted molar refractivity (Wildman–Crippen MR) is 74.4 cm³/mol. The van der Waals surface area contributed by atoms with Gasteiger partial charge in [0.1, 0.15) is 5.75 Å². The lowest BCUT2D eigenvalue weighted by molar-refractivity contribution is 0.454. The van der Waals surface area contributed by atoms with Gasteiger partial charge in [0.25, 0.3) is 11.4 Å². The number of benzene rings is 2. The molecule has 0 bridgehead atoms. The smallest absolute Gasteiger partial charge is 0.299 e. The summed E-state index contributed by atoms with van der Waals surface area (Å²) in [7, 11) is 0. The van der Waals surface area contributed by atoms with E-state index in [1.165, 1.54) is 0 Å². The van der Waals surface area contributed by atoms with Crippen LogP contribution in [0.3, 0.4) is 0 Å². The summed E-state index contributed by atoms with van der Waals surface area (Å²) >= 11 is 4.13. The average Bonchev–Trinajstić information content (AvgIpc) is 2.23. The Morgan fingerprint density at radius 2 is 1.65 bits per heavy atom. The molecule has 0 atom stereocenters. The first-order valence-electron chi connectivity index (χ1n) is 4.28. The van der Waals surface area contributed by atoms with Gasteiger partial charge in [0.2, 0.25) is 0 Å². The fourth-order valence-corrected chi connectivity index (χ4v) is 2.12. The third-order valence-corrected chi connectivity index (χ3v) is 3.22. The van der Waals surface area contributed by atoms with Crippen LogP contribution in [0.4, 0.5) is 0 Å². The fourth-order valence-electron chi connectivity index (χ4n) is 1.25. The first-order valence-corrected chi connectivity index (χ1v) is 6.93. The molecular formula is C10H8Br2O4S. The molecule has 17 heavy (non-hydrogen) atoms. The molecule has 0 fully saturated rings. The second-order valence-corrected chi connectivity index (χ2v) is 5.16. The number of halogens is 2. The highest BCUT2D eigenvalue weighted by atomic mass is 79.9. The lowest BCUT2D eigenvalue weighted by Crippen LogP contribution is -1.75. The van der Waals surface area contributed by atoms with Gasteiger partial charge < -0.3 is 5.11 Å². The van der Waals surface area contributed by atoms with Gasteiger partial charge in [0, 0.05) is 4.47 Å². The van der Waals surface area contributed by atoms with Crippen LogP contribution >= 0.6 is 31.9 Å². The van der Waals surface area contributed by atoms with Crippen molar-refractivity contribution in [1.82, 2.24) is 0 Å². The first-order chi connectivity index (χ1) is 7.91. The Hall–Kier alpha value is -0.470. The van der Waals surface area contributed by atoms with Gasteiger partial charge in [-0.05, 0) is 44.9 Å². The summed E-state index contributed by atoms with van der Waals surface area (Å²) in [6, 6.07) is 9.49. The van der Waals surface area contributed by atoms with E-state index in [-0.39, 0.29) is 5.75 Å². The molecule has 2 rings (SSSR count). The van der Waals surface area contributed by atoms with E-state index in [4.69, 9.17) is 13.3 Å². The molecule has 0 aliphatic rings. The molecule has 0 aromatic heterocycles. The SMILES string of the molecule is O=S(O)O.Oc1ccc2cc(Br)ccc2c1Br. The van der Waals surface area contributed by atoms with E-state index >= 15 is 0 Å². The molecule has 3 N–H and O–H groups in total. The highest BCUT2D eigenvalue weighted by molar-refractivity contribution is 9.11. The number of hydrogen-bond acceptors (Lipinski definition) is 2. The van der Waals surface area contributed by atoms with Crippen molar-refractivity contribution in [3.63, 3.8) is 0 Å².